The van der Waals surface area contributed by atoms with Crippen molar-refractivity contribution in [3.63, 3.8) is 0 Å². The monoisotopic (exact) mass is 235 g/mol. The van der Waals surface area contributed by atoms with E-state index in [1.165, 1.54) is 0 Å². The Balaban J connectivity index is 1.65. The van der Waals surface area contributed by atoms with Gasteiger partial charge >= 0.3 is 0 Å². The molecule has 2 aromatic rings. The average Bonchev–Trinajstić information content (AvgIpc) is 2.93. The van der Waals surface area contributed by atoms with Crippen LogP contribution in [0.4, 0.5) is 0 Å². The number of hydrogen-bond donors (Lipinski definition) is 1. The summed E-state index contributed by atoms with van der Waals surface area (Å²) in [4.78, 5) is 4.20. The molecule has 1 aliphatic rings. The summed E-state index contributed by atoms with van der Waals surface area (Å²) >= 11 is 0. The fourth-order valence-corrected chi connectivity index (χ4v) is 1.63. The minimum Gasteiger partial charge on any atom is -0.461 e. The number of hydrogen-bond acceptors (Lipinski definition) is 6. The molecule has 1 fully saturated rings. The molecule has 2 aromatic heterocycles. The normalized spacial score (nSPS) is 17.9. The number of aromatic nitrogens is 2. The Bertz CT molecular complexity index is 488. The molecule has 17 heavy (non-hydrogen) atoms. The smallest absolute Gasteiger partial charge is 0.253 e. The van der Waals surface area contributed by atoms with E-state index in [0.717, 1.165) is 13.1 Å². The molecule has 0 bridgehead atoms. The lowest BCUT2D eigenvalue weighted by Crippen LogP contribution is -2.58. The minimum absolute atomic E-state index is 0.112. The number of ether oxygens (including phenoxy) is 1. The highest BCUT2D eigenvalue weighted by molar-refractivity contribution is 5.44. The van der Waals surface area contributed by atoms with Crippen LogP contribution in [0.3, 0.4) is 0 Å². The summed E-state index contributed by atoms with van der Waals surface area (Å²) in [7, 11) is 0. The fourth-order valence-electron chi connectivity index (χ4n) is 1.63. The number of nitrogens with zero attached hydrogens (tertiary/aromatic N) is 2. The van der Waals surface area contributed by atoms with E-state index in [0.29, 0.717) is 24.1 Å². The van der Waals surface area contributed by atoms with Gasteiger partial charge in [0, 0.05) is 13.1 Å². The Morgan fingerprint density at radius 1 is 1.53 bits per heavy atom. The van der Waals surface area contributed by atoms with Crippen LogP contribution in [0.1, 0.15) is 12.8 Å². The highest BCUT2D eigenvalue weighted by atomic mass is 16.5. The predicted molar refractivity (Wildman–Crippen MR) is 58.1 cm³/mol. The van der Waals surface area contributed by atoms with Crippen LogP contribution in [0.15, 0.2) is 27.3 Å². The Morgan fingerprint density at radius 3 is 3.06 bits per heavy atom. The van der Waals surface area contributed by atoms with Gasteiger partial charge in [0.05, 0.1) is 11.9 Å². The van der Waals surface area contributed by atoms with Crippen LogP contribution in [0.5, 0.6) is 0 Å². The molecule has 1 saturated heterocycles. The second-order valence-corrected chi connectivity index (χ2v) is 4.33. The summed E-state index contributed by atoms with van der Waals surface area (Å²) in [5, 5.41) is 6.99. The molecule has 1 N–H and O–H groups in total. The summed E-state index contributed by atoms with van der Waals surface area (Å²) in [6.07, 6.45) is 1.57. The lowest BCUT2D eigenvalue weighted by molar-refractivity contribution is -0.0841. The molecule has 3 heterocycles. The van der Waals surface area contributed by atoms with Crippen molar-refractivity contribution >= 4 is 0 Å². The first-order valence-corrected chi connectivity index (χ1v) is 5.46. The number of furan rings is 1. The van der Waals surface area contributed by atoms with Gasteiger partial charge in [-0.3, -0.25) is 0 Å². The summed E-state index contributed by atoms with van der Waals surface area (Å²) < 4.78 is 16.0. The second kappa shape index (κ2) is 3.97. The van der Waals surface area contributed by atoms with Crippen molar-refractivity contribution in [2.24, 2.45) is 0 Å². The maximum absolute atomic E-state index is 5.69. The predicted octanol–water partition coefficient (Wildman–Crippen LogP) is 1.21. The summed E-state index contributed by atoms with van der Waals surface area (Å²) in [5.41, 5.74) is -0.112. The van der Waals surface area contributed by atoms with Gasteiger partial charge in [-0.1, -0.05) is 5.16 Å². The SMILES string of the molecule is CC1(OCc2nc(-c3ccco3)no2)CNC1. The van der Waals surface area contributed by atoms with Gasteiger partial charge in [-0.05, 0) is 19.1 Å². The zero-order valence-corrected chi connectivity index (χ0v) is 9.47. The van der Waals surface area contributed by atoms with Gasteiger partial charge in [0.1, 0.15) is 6.61 Å². The lowest BCUT2D eigenvalue weighted by Gasteiger charge is -2.38. The van der Waals surface area contributed by atoms with Gasteiger partial charge in [-0.15, -0.1) is 0 Å². The van der Waals surface area contributed by atoms with E-state index in [4.69, 9.17) is 13.7 Å². The molecule has 0 saturated carbocycles. The average molecular weight is 235 g/mol. The van der Waals surface area contributed by atoms with Crippen molar-refractivity contribution in [2.75, 3.05) is 13.1 Å². The molecule has 0 aromatic carbocycles. The Labute approximate surface area is 98.0 Å². The molecule has 0 amide bonds. The Morgan fingerprint density at radius 2 is 2.41 bits per heavy atom. The molecule has 0 radical (unpaired) electrons. The Kier molecular flexibility index (Phi) is 2.45. The quantitative estimate of drug-likeness (QED) is 0.858. The molecular weight excluding hydrogens is 222 g/mol. The van der Waals surface area contributed by atoms with Crippen molar-refractivity contribution in [2.45, 2.75) is 19.1 Å². The van der Waals surface area contributed by atoms with E-state index < -0.39 is 0 Å². The first kappa shape index (κ1) is 10.5. The third-order valence-electron chi connectivity index (χ3n) is 2.75. The molecule has 3 rings (SSSR count). The van der Waals surface area contributed by atoms with E-state index >= 15 is 0 Å². The summed E-state index contributed by atoms with van der Waals surface area (Å²) in [6.45, 7) is 4.08. The van der Waals surface area contributed by atoms with Crippen molar-refractivity contribution in [1.29, 1.82) is 0 Å². The van der Waals surface area contributed by atoms with E-state index in [9.17, 15) is 0 Å². The van der Waals surface area contributed by atoms with Crippen LogP contribution >= 0.6 is 0 Å². The molecule has 0 spiro atoms. The third kappa shape index (κ3) is 2.09. The van der Waals surface area contributed by atoms with Gasteiger partial charge in [-0.2, -0.15) is 4.98 Å². The van der Waals surface area contributed by atoms with Gasteiger partial charge < -0.3 is 19.0 Å². The van der Waals surface area contributed by atoms with Crippen LogP contribution in [-0.2, 0) is 11.3 Å². The zero-order valence-electron chi connectivity index (χ0n) is 9.47. The maximum atomic E-state index is 5.69. The third-order valence-corrected chi connectivity index (χ3v) is 2.75. The molecule has 0 unspecified atom stereocenters. The fraction of sp³-hybridized carbons (Fsp3) is 0.455. The molecular formula is C11H13N3O3. The lowest BCUT2D eigenvalue weighted by atomic mass is 10.0. The highest BCUT2D eigenvalue weighted by Crippen LogP contribution is 2.19. The minimum atomic E-state index is -0.112. The largest absolute Gasteiger partial charge is 0.461 e. The maximum Gasteiger partial charge on any atom is 0.253 e. The van der Waals surface area contributed by atoms with Crippen molar-refractivity contribution in [1.82, 2.24) is 15.5 Å². The first-order chi connectivity index (χ1) is 8.25. The van der Waals surface area contributed by atoms with Crippen LogP contribution in [0.2, 0.25) is 0 Å². The van der Waals surface area contributed by atoms with Crippen LogP contribution < -0.4 is 5.32 Å². The summed E-state index contributed by atoms with van der Waals surface area (Å²) in [5.74, 6) is 1.51. The van der Waals surface area contributed by atoms with Crippen LogP contribution in [-0.4, -0.2) is 28.8 Å². The van der Waals surface area contributed by atoms with Crippen molar-refractivity contribution in [3.05, 3.63) is 24.3 Å². The van der Waals surface area contributed by atoms with Gasteiger partial charge in [0.15, 0.2) is 5.76 Å². The summed E-state index contributed by atoms with van der Waals surface area (Å²) in [6, 6.07) is 3.57. The standard InChI is InChI=1S/C11H13N3O3/c1-11(6-12-7-11)16-5-9-13-10(14-17-9)8-3-2-4-15-8/h2-4,12H,5-7H2,1H3. The number of rotatable bonds is 4. The molecule has 6 heteroatoms. The topological polar surface area (TPSA) is 73.3 Å². The van der Waals surface area contributed by atoms with Crippen molar-refractivity contribution in [3.8, 4) is 11.6 Å². The van der Waals surface area contributed by atoms with Crippen LogP contribution in [0, 0.1) is 0 Å². The molecule has 0 atom stereocenters. The van der Waals surface area contributed by atoms with E-state index in [-0.39, 0.29) is 5.60 Å². The highest BCUT2D eigenvalue weighted by Gasteiger charge is 2.33. The molecule has 6 nitrogen and oxygen atoms in total. The number of nitrogens with one attached hydrogen (secondary N) is 1. The van der Waals surface area contributed by atoms with Gasteiger partial charge in [-0.25, -0.2) is 0 Å². The van der Waals surface area contributed by atoms with Gasteiger partial charge in [0.2, 0.25) is 5.82 Å². The van der Waals surface area contributed by atoms with E-state index in [1.54, 1.807) is 18.4 Å². The molecule has 90 valence electrons. The molecule has 0 aliphatic carbocycles. The zero-order chi connectivity index (χ0) is 11.7. The van der Waals surface area contributed by atoms with Crippen LogP contribution in [0.25, 0.3) is 11.6 Å². The van der Waals surface area contributed by atoms with Crippen molar-refractivity contribution < 1.29 is 13.7 Å². The molecule has 1 aliphatic heterocycles. The second-order valence-electron chi connectivity index (χ2n) is 4.33. The first-order valence-electron chi connectivity index (χ1n) is 5.46. The van der Waals surface area contributed by atoms with E-state index in [2.05, 4.69) is 15.5 Å². The van der Waals surface area contributed by atoms with E-state index in [1.807, 2.05) is 6.92 Å². The Hall–Kier alpha value is -1.66. The van der Waals surface area contributed by atoms with Gasteiger partial charge in [0.25, 0.3) is 5.89 Å².